The van der Waals surface area contributed by atoms with Crippen LogP contribution in [0, 0.1) is 0 Å². The molecule has 3 rings (SSSR count). The van der Waals surface area contributed by atoms with Gasteiger partial charge in [-0.15, -0.1) is 0 Å². The Morgan fingerprint density at radius 2 is 1.76 bits per heavy atom. The maximum Gasteiger partial charge on any atom is 0.416 e. The van der Waals surface area contributed by atoms with Gasteiger partial charge in [0.15, 0.2) is 0 Å². The Labute approximate surface area is 165 Å². The van der Waals surface area contributed by atoms with Gasteiger partial charge in [-0.1, -0.05) is 24.3 Å². The van der Waals surface area contributed by atoms with Crippen LogP contribution in [0.15, 0.2) is 59.5 Å². The van der Waals surface area contributed by atoms with Gasteiger partial charge in [-0.2, -0.15) is 17.5 Å². The van der Waals surface area contributed by atoms with Crippen LogP contribution in [0.3, 0.4) is 0 Å². The summed E-state index contributed by atoms with van der Waals surface area (Å²) >= 11 is 0. The fourth-order valence-corrected chi connectivity index (χ4v) is 4.67. The van der Waals surface area contributed by atoms with Gasteiger partial charge in [-0.3, -0.25) is 9.59 Å². The van der Waals surface area contributed by atoms with Crippen molar-refractivity contribution in [3.8, 4) is 0 Å². The van der Waals surface area contributed by atoms with E-state index in [0.717, 1.165) is 22.5 Å². The Hall–Kier alpha value is -2.72. The predicted molar refractivity (Wildman–Crippen MR) is 98.4 cm³/mol. The van der Waals surface area contributed by atoms with E-state index in [4.69, 9.17) is 0 Å². The minimum absolute atomic E-state index is 0.118. The Morgan fingerprint density at radius 1 is 1.07 bits per heavy atom. The van der Waals surface area contributed by atoms with Crippen molar-refractivity contribution < 1.29 is 31.2 Å². The first kappa shape index (κ1) is 21.0. The number of hydrogen-bond acceptors (Lipinski definition) is 4. The molecule has 2 aromatic carbocycles. The third-order valence-electron chi connectivity index (χ3n) is 4.49. The summed E-state index contributed by atoms with van der Waals surface area (Å²) in [6.07, 6.45) is -5.18. The molecule has 1 N–H and O–H groups in total. The van der Waals surface area contributed by atoms with E-state index in [0.29, 0.717) is 11.8 Å². The van der Waals surface area contributed by atoms with E-state index >= 15 is 0 Å². The second kappa shape index (κ2) is 7.96. The first-order valence-electron chi connectivity index (χ1n) is 8.66. The second-order valence-electron chi connectivity index (χ2n) is 6.51. The summed E-state index contributed by atoms with van der Waals surface area (Å²) in [4.78, 5) is 24.0. The number of benzene rings is 2. The number of hydrogen-bond donors (Lipinski definition) is 1. The fourth-order valence-electron chi connectivity index (χ4n) is 3.04. The third kappa shape index (κ3) is 4.65. The summed E-state index contributed by atoms with van der Waals surface area (Å²) in [6.45, 7) is -0.287. The highest BCUT2D eigenvalue weighted by Gasteiger charge is 2.41. The molecule has 1 aliphatic rings. The average molecular weight is 426 g/mol. The number of nitrogens with zero attached hydrogens (tertiary/aromatic N) is 1. The van der Waals surface area contributed by atoms with Crippen LogP contribution >= 0.6 is 0 Å². The number of para-hydroxylation sites is 1. The lowest BCUT2D eigenvalue weighted by Crippen LogP contribution is -2.52. The van der Waals surface area contributed by atoms with Crippen molar-refractivity contribution >= 4 is 27.4 Å². The van der Waals surface area contributed by atoms with Gasteiger partial charge in [0.05, 0.1) is 10.5 Å². The van der Waals surface area contributed by atoms with E-state index < -0.39 is 38.6 Å². The minimum atomic E-state index is -4.71. The summed E-state index contributed by atoms with van der Waals surface area (Å²) < 4.78 is 65.7. The minimum Gasteiger partial charge on any atom is -0.325 e. The Balaban J connectivity index is 1.93. The van der Waals surface area contributed by atoms with Crippen LogP contribution in [0.5, 0.6) is 0 Å². The van der Waals surface area contributed by atoms with Crippen molar-refractivity contribution in [2.75, 3.05) is 11.9 Å². The summed E-state index contributed by atoms with van der Waals surface area (Å²) in [6, 6.07) is 10.2. The number of amides is 1. The van der Waals surface area contributed by atoms with Crippen LogP contribution in [-0.2, 0) is 25.8 Å². The van der Waals surface area contributed by atoms with Crippen molar-refractivity contribution in [2.24, 2.45) is 0 Å². The lowest BCUT2D eigenvalue weighted by Gasteiger charge is -2.33. The van der Waals surface area contributed by atoms with Gasteiger partial charge in [-0.05, 0) is 30.3 Å². The van der Waals surface area contributed by atoms with Crippen molar-refractivity contribution in [3.63, 3.8) is 0 Å². The zero-order valence-electron chi connectivity index (χ0n) is 15.0. The van der Waals surface area contributed by atoms with Gasteiger partial charge in [0.25, 0.3) is 0 Å². The van der Waals surface area contributed by atoms with Gasteiger partial charge < -0.3 is 5.32 Å². The monoisotopic (exact) mass is 426 g/mol. The molecule has 0 bridgehead atoms. The smallest absolute Gasteiger partial charge is 0.325 e. The van der Waals surface area contributed by atoms with Gasteiger partial charge in [0.2, 0.25) is 15.9 Å². The molecule has 1 atom stereocenters. The van der Waals surface area contributed by atoms with E-state index in [2.05, 4.69) is 5.32 Å². The number of anilines is 1. The molecule has 0 radical (unpaired) electrons. The van der Waals surface area contributed by atoms with E-state index in [9.17, 15) is 31.2 Å². The number of ketones is 1. The number of Topliss-reactive ketones (excluding diaryl/α,β-unsaturated/α-hetero) is 1. The molecule has 1 saturated heterocycles. The molecule has 10 heteroatoms. The van der Waals surface area contributed by atoms with E-state index in [-0.39, 0.29) is 25.2 Å². The molecule has 1 aliphatic heterocycles. The molecule has 1 amide bonds. The maximum atomic E-state index is 13.0. The summed E-state index contributed by atoms with van der Waals surface area (Å²) in [7, 11) is -4.43. The Kier molecular flexibility index (Phi) is 5.76. The molecular formula is C19H17F3N2O4S. The number of carbonyl (C=O) groups is 2. The van der Waals surface area contributed by atoms with Crippen LogP contribution in [0.25, 0.3) is 0 Å². The van der Waals surface area contributed by atoms with Gasteiger partial charge >= 0.3 is 6.18 Å². The molecule has 0 aromatic heterocycles. The number of nitrogens with one attached hydrogen (secondary N) is 1. The zero-order valence-corrected chi connectivity index (χ0v) is 15.8. The molecular weight excluding hydrogens is 409 g/mol. The largest absolute Gasteiger partial charge is 0.416 e. The average Bonchev–Trinajstić information content (AvgIpc) is 2.68. The van der Waals surface area contributed by atoms with Crippen molar-refractivity contribution in [1.82, 2.24) is 4.31 Å². The molecule has 1 fully saturated rings. The van der Waals surface area contributed by atoms with Crippen LogP contribution in [0.2, 0.25) is 0 Å². The number of alkyl halides is 3. The Morgan fingerprint density at radius 3 is 2.41 bits per heavy atom. The quantitative estimate of drug-likeness (QED) is 0.815. The van der Waals surface area contributed by atoms with Crippen molar-refractivity contribution in [1.29, 1.82) is 0 Å². The maximum absolute atomic E-state index is 13.0. The first-order chi connectivity index (χ1) is 13.6. The molecule has 6 nitrogen and oxygen atoms in total. The molecule has 154 valence electrons. The summed E-state index contributed by atoms with van der Waals surface area (Å²) in [5.74, 6) is -1.02. The second-order valence-corrected chi connectivity index (χ2v) is 8.40. The van der Waals surface area contributed by atoms with Crippen molar-refractivity contribution in [2.45, 2.75) is 30.0 Å². The standard InChI is InChI=1S/C19H17F3N2O4S/c20-19(21,22)13-5-4-8-16(11-13)29(27,28)24-10-9-15(25)12-17(24)18(26)23-14-6-2-1-3-7-14/h1-8,11,17H,9-10,12H2,(H,23,26). The molecule has 1 heterocycles. The van der Waals surface area contributed by atoms with Crippen molar-refractivity contribution in [3.05, 3.63) is 60.2 Å². The van der Waals surface area contributed by atoms with Crippen LogP contribution in [-0.4, -0.2) is 37.0 Å². The lowest BCUT2D eigenvalue weighted by atomic mass is 10.0. The Bertz CT molecular complexity index is 1020. The normalized spacial score (nSPS) is 18.4. The molecule has 0 saturated carbocycles. The van der Waals surface area contributed by atoms with E-state index in [1.165, 1.54) is 0 Å². The lowest BCUT2D eigenvalue weighted by molar-refractivity contribution is -0.137. The topological polar surface area (TPSA) is 83.6 Å². The van der Waals surface area contributed by atoms with E-state index in [1.807, 2.05) is 0 Å². The molecule has 2 aromatic rings. The highest BCUT2D eigenvalue weighted by molar-refractivity contribution is 7.89. The molecule has 29 heavy (non-hydrogen) atoms. The summed E-state index contributed by atoms with van der Waals surface area (Å²) in [5.41, 5.74) is -0.705. The van der Waals surface area contributed by atoms with Crippen LogP contribution < -0.4 is 5.32 Å². The molecule has 1 unspecified atom stereocenters. The van der Waals surface area contributed by atoms with Gasteiger partial charge in [0.1, 0.15) is 11.8 Å². The van der Waals surface area contributed by atoms with Gasteiger partial charge in [-0.25, -0.2) is 8.42 Å². The SMILES string of the molecule is O=C1CCN(S(=O)(=O)c2cccc(C(F)(F)F)c2)C(C(=O)Nc2ccccc2)C1. The number of sulfonamides is 1. The first-order valence-corrected chi connectivity index (χ1v) is 10.1. The third-order valence-corrected chi connectivity index (χ3v) is 6.40. The summed E-state index contributed by atoms with van der Waals surface area (Å²) in [5, 5.41) is 2.54. The number of piperidine rings is 1. The highest BCUT2D eigenvalue weighted by Crippen LogP contribution is 2.32. The highest BCUT2D eigenvalue weighted by atomic mass is 32.2. The van der Waals surface area contributed by atoms with Crippen LogP contribution in [0.1, 0.15) is 18.4 Å². The number of halogens is 3. The fraction of sp³-hybridized carbons (Fsp3) is 0.263. The molecule has 0 aliphatic carbocycles. The van der Waals surface area contributed by atoms with Crippen LogP contribution in [0.4, 0.5) is 18.9 Å². The number of rotatable bonds is 4. The zero-order chi connectivity index (χ0) is 21.2. The predicted octanol–water partition coefficient (Wildman–Crippen LogP) is 3.07. The van der Waals surface area contributed by atoms with E-state index in [1.54, 1.807) is 30.3 Å². The molecule has 0 spiro atoms. The number of carbonyl (C=O) groups excluding carboxylic acids is 2. The van der Waals surface area contributed by atoms with Gasteiger partial charge in [0, 0.05) is 25.1 Å².